The van der Waals surface area contributed by atoms with Crippen molar-refractivity contribution in [2.45, 2.75) is 12.0 Å². The lowest BCUT2D eigenvalue weighted by Gasteiger charge is -2.32. The van der Waals surface area contributed by atoms with Crippen molar-refractivity contribution in [3.63, 3.8) is 0 Å². The molecule has 2 heterocycles. The molecule has 2 fully saturated rings. The highest BCUT2D eigenvalue weighted by Gasteiger charge is 2.36. The molecular weight excluding hydrogens is 166 g/mol. The van der Waals surface area contributed by atoms with Gasteiger partial charge >= 0.3 is 0 Å². The van der Waals surface area contributed by atoms with E-state index in [4.69, 9.17) is 9.47 Å². The highest BCUT2D eigenvalue weighted by Crippen LogP contribution is 2.20. The fraction of sp³-hybridized carbons (Fsp3) is 1.00. The first-order valence-corrected chi connectivity index (χ1v) is 3.82. The van der Waals surface area contributed by atoms with Crippen molar-refractivity contribution in [3.8, 4) is 0 Å². The zero-order valence-corrected chi connectivity index (χ0v) is 7.28. The summed E-state index contributed by atoms with van der Waals surface area (Å²) >= 11 is 0. The fourth-order valence-electron chi connectivity index (χ4n) is 1.57. The van der Waals surface area contributed by atoms with Gasteiger partial charge in [-0.25, -0.2) is 0 Å². The highest BCUT2D eigenvalue weighted by molar-refractivity contribution is 5.85. The molecule has 0 radical (unpaired) electrons. The van der Waals surface area contributed by atoms with E-state index in [9.17, 15) is 0 Å². The monoisotopic (exact) mass is 179 g/mol. The summed E-state index contributed by atoms with van der Waals surface area (Å²) in [7, 11) is 0. The van der Waals surface area contributed by atoms with E-state index in [1.165, 1.54) is 0 Å². The van der Waals surface area contributed by atoms with Gasteiger partial charge in [0, 0.05) is 13.2 Å². The SMILES string of the molecule is C1COCC2(CCOC2)N1.Cl. The second-order valence-corrected chi connectivity index (χ2v) is 3.06. The summed E-state index contributed by atoms with van der Waals surface area (Å²) in [5.74, 6) is 0. The van der Waals surface area contributed by atoms with E-state index in [-0.39, 0.29) is 17.9 Å². The largest absolute Gasteiger partial charge is 0.379 e. The van der Waals surface area contributed by atoms with Crippen LogP contribution in [0.15, 0.2) is 0 Å². The molecule has 3 nitrogen and oxygen atoms in total. The molecule has 66 valence electrons. The minimum absolute atomic E-state index is 0. The minimum atomic E-state index is 0. The standard InChI is InChI=1S/C7H13NO2.ClH/c1-3-9-5-7(1)6-10-4-2-8-7;/h8H,1-6H2;1H. The molecule has 1 spiro atoms. The van der Waals surface area contributed by atoms with E-state index in [0.717, 1.165) is 39.4 Å². The molecule has 0 amide bonds. The van der Waals surface area contributed by atoms with E-state index in [1.807, 2.05) is 0 Å². The Morgan fingerprint density at radius 1 is 1.09 bits per heavy atom. The molecule has 1 atom stereocenters. The van der Waals surface area contributed by atoms with E-state index in [1.54, 1.807) is 0 Å². The maximum atomic E-state index is 5.36. The number of nitrogens with one attached hydrogen (secondary N) is 1. The van der Waals surface area contributed by atoms with Crippen molar-refractivity contribution in [1.82, 2.24) is 5.32 Å². The average Bonchev–Trinajstić information content (AvgIpc) is 2.39. The molecule has 0 aromatic heterocycles. The number of halogens is 1. The molecule has 2 rings (SSSR count). The summed E-state index contributed by atoms with van der Waals surface area (Å²) in [6, 6.07) is 0. The van der Waals surface area contributed by atoms with Gasteiger partial charge in [0.15, 0.2) is 0 Å². The Kier molecular flexibility index (Phi) is 3.13. The van der Waals surface area contributed by atoms with Gasteiger partial charge in [-0.2, -0.15) is 0 Å². The predicted molar refractivity (Wildman–Crippen MR) is 44.2 cm³/mol. The van der Waals surface area contributed by atoms with Gasteiger partial charge in [0.25, 0.3) is 0 Å². The Morgan fingerprint density at radius 3 is 2.36 bits per heavy atom. The third-order valence-corrected chi connectivity index (χ3v) is 2.23. The third-order valence-electron chi connectivity index (χ3n) is 2.23. The van der Waals surface area contributed by atoms with Crippen LogP contribution in [0.25, 0.3) is 0 Å². The van der Waals surface area contributed by atoms with Crippen molar-refractivity contribution in [2.24, 2.45) is 0 Å². The molecule has 1 unspecified atom stereocenters. The topological polar surface area (TPSA) is 30.5 Å². The van der Waals surface area contributed by atoms with Gasteiger partial charge < -0.3 is 14.8 Å². The predicted octanol–water partition coefficient (Wildman–Crippen LogP) is 0.187. The van der Waals surface area contributed by atoms with Crippen LogP contribution < -0.4 is 5.32 Å². The van der Waals surface area contributed by atoms with Crippen molar-refractivity contribution >= 4 is 12.4 Å². The maximum absolute atomic E-state index is 5.36. The molecule has 4 heteroatoms. The average molecular weight is 180 g/mol. The quantitative estimate of drug-likeness (QED) is 0.576. The molecule has 11 heavy (non-hydrogen) atoms. The van der Waals surface area contributed by atoms with Crippen LogP contribution in [0, 0.1) is 0 Å². The molecule has 2 aliphatic heterocycles. The molecule has 0 aromatic carbocycles. The number of hydrogen-bond donors (Lipinski definition) is 1. The lowest BCUT2D eigenvalue weighted by molar-refractivity contribution is 0.0213. The Hall–Kier alpha value is 0.170. The number of rotatable bonds is 0. The van der Waals surface area contributed by atoms with E-state index in [2.05, 4.69) is 5.32 Å². The van der Waals surface area contributed by atoms with Crippen LogP contribution in [0.1, 0.15) is 6.42 Å². The van der Waals surface area contributed by atoms with Crippen LogP contribution in [0.4, 0.5) is 0 Å². The molecule has 0 aromatic rings. The normalized spacial score (nSPS) is 37.1. The Bertz CT molecular complexity index is 118. The van der Waals surface area contributed by atoms with Gasteiger partial charge in [0.1, 0.15) is 0 Å². The molecule has 0 saturated carbocycles. The van der Waals surface area contributed by atoms with Crippen molar-refractivity contribution in [3.05, 3.63) is 0 Å². The highest BCUT2D eigenvalue weighted by atomic mass is 35.5. The summed E-state index contributed by atoms with van der Waals surface area (Å²) in [5, 5.41) is 3.44. The van der Waals surface area contributed by atoms with Gasteiger partial charge in [-0.05, 0) is 6.42 Å². The summed E-state index contributed by atoms with van der Waals surface area (Å²) in [5.41, 5.74) is 0.179. The zero-order valence-electron chi connectivity index (χ0n) is 6.47. The first-order chi connectivity index (χ1) is 4.91. The summed E-state index contributed by atoms with van der Waals surface area (Å²) in [6.45, 7) is 4.36. The van der Waals surface area contributed by atoms with Crippen LogP contribution in [-0.2, 0) is 9.47 Å². The lowest BCUT2D eigenvalue weighted by atomic mass is 9.99. The van der Waals surface area contributed by atoms with Gasteiger partial charge in [-0.1, -0.05) is 0 Å². The van der Waals surface area contributed by atoms with Crippen LogP contribution in [-0.4, -0.2) is 38.5 Å². The minimum Gasteiger partial charge on any atom is -0.379 e. The second-order valence-electron chi connectivity index (χ2n) is 3.06. The van der Waals surface area contributed by atoms with Gasteiger partial charge in [-0.3, -0.25) is 0 Å². The molecule has 2 aliphatic rings. The Labute approximate surface area is 72.8 Å². The zero-order chi connectivity index (χ0) is 6.86. The van der Waals surface area contributed by atoms with Crippen molar-refractivity contribution in [1.29, 1.82) is 0 Å². The fourth-order valence-corrected chi connectivity index (χ4v) is 1.57. The van der Waals surface area contributed by atoms with Gasteiger partial charge in [0.05, 0.1) is 25.4 Å². The van der Waals surface area contributed by atoms with E-state index < -0.39 is 0 Å². The van der Waals surface area contributed by atoms with Crippen LogP contribution in [0.3, 0.4) is 0 Å². The van der Waals surface area contributed by atoms with E-state index in [0.29, 0.717) is 0 Å². The molecular formula is C7H14ClNO2. The summed E-state index contributed by atoms with van der Waals surface area (Å²) < 4.78 is 10.7. The smallest absolute Gasteiger partial charge is 0.0676 e. The molecule has 1 N–H and O–H groups in total. The first kappa shape index (κ1) is 9.26. The molecule has 0 aliphatic carbocycles. The summed E-state index contributed by atoms with van der Waals surface area (Å²) in [4.78, 5) is 0. The number of morpholine rings is 1. The van der Waals surface area contributed by atoms with Crippen molar-refractivity contribution in [2.75, 3.05) is 33.0 Å². The first-order valence-electron chi connectivity index (χ1n) is 3.82. The number of ether oxygens (including phenoxy) is 2. The Morgan fingerprint density at radius 2 is 1.82 bits per heavy atom. The van der Waals surface area contributed by atoms with E-state index >= 15 is 0 Å². The van der Waals surface area contributed by atoms with Crippen LogP contribution >= 0.6 is 12.4 Å². The van der Waals surface area contributed by atoms with Crippen LogP contribution in [0.5, 0.6) is 0 Å². The number of hydrogen-bond acceptors (Lipinski definition) is 3. The maximum Gasteiger partial charge on any atom is 0.0676 e. The molecule has 0 bridgehead atoms. The van der Waals surface area contributed by atoms with Gasteiger partial charge in [0.2, 0.25) is 0 Å². The third kappa shape index (κ3) is 1.85. The Balaban J connectivity index is 0.000000605. The van der Waals surface area contributed by atoms with Crippen LogP contribution in [0.2, 0.25) is 0 Å². The van der Waals surface area contributed by atoms with Gasteiger partial charge in [-0.15, -0.1) is 12.4 Å². The second kappa shape index (κ2) is 3.72. The molecule has 2 saturated heterocycles. The van der Waals surface area contributed by atoms with Crippen molar-refractivity contribution < 1.29 is 9.47 Å². The summed E-state index contributed by atoms with van der Waals surface area (Å²) in [6.07, 6.45) is 1.10. The lowest BCUT2D eigenvalue weighted by Crippen LogP contribution is -2.54.